The molecular formula is C8H10N2S. The lowest BCUT2D eigenvalue weighted by Gasteiger charge is -2.01. The van der Waals surface area contributed by atoms with Crippen LogP contribution in [0.4, 0.5) is 0 Å². The molecule has 1 rings (SSSR count). The van der Waals surface area contributed by atoms with Gasteiger partial charge in [0.15, 0.2) is 0 Å². The molecule has 0 aliphatic rings. The Bertz CT molecular complexity index is 244. The first-order chi connectivity index (χ1) is 5.38. The molecular weight excluding hydrogens is 156 g/mol. The molecule has 2 nitrogen and oxygen atoms in total. The van der Waals surface area contributed by atoms with Gasteiger partial charge in [-0.15, -0.1) is 0 Å². The zero-order chi connectivity index (χ0) is 8.10. The van der Waals surface area contributed by atoms with E-state index in [1.54, 1.807) is 0 Å². The van der Waals surface area contributed by atoms with E-state index in [0.717, 1.165) is 11.4 Å². The molecule has 0 fully saturated rings. The molecule has 0 bridgehead atoms. The van der Waals surface area contributed by atoms with Gasteiger partial charge in [-0.2, -0.15) is 0 Å². The van der Waals surface area contributed by atoms with Crippen LogP contribution in [0.25, 0.3) is 0 Å². The molecule has 1 aromatic rings. The molecule has 1 aromatic carbocycles. The first-order valence-electron chi connectivity index (χ1n) is 3.33. The van der Waals surface area contributed by atoms with E-state index < -0.39 is 0 Å². The molecule has 0 radical (unpaired) electrons. The van der Waals surface area contributed by atoms with Gasteiger partial charge in [0.25, 0.3) is 0 Å². The lowest BCUT2D eigenvalue weighted by Crippen LogP contribution is -2.18. The minimum atomic E-state index is 0.786. The highest BCUT2D eigenvalue weighted by Crippen LogP contribution is 1.99. The van der Waals surface area contributed by atoms with Crippen LogP contribution in [-0.2, 0) is 0 Å². The Morgan fingerprint density at radius 3 is 2.45 bits per heavy atom. The number of amidine groups is 1. The van der Waals surface area contributed by atoms with E-state index in [1.165, 1.54) is 0 Å². The van der Waals surface area contributed by atoms with Crippen LogP contribution >= 0.6 is 12.8 Å². The van der Waals surface area contributed by atoms with Crippen molar-refractivity contribution >= 4 is 18.7 Å². The maximum Gasteiger partial charge on any atom is 0.140 e. The highest BCUT2D eigenvalue weighted by Gasteiger charge is 1.96. The van der Waals surface area contributed by atoms with Crippen molar-refractivity contribution in [3.63, 3.8) is 0 Å². The molecule has 0 saturated carbocycles. The molecule has 0 aromatic heterocycles. The van der Waals surface area contributed by atoms with Gasteiger partial charge >= 0.3 is 0 Å². The molecule has 3 heteroatoms. The van der Waals surface area contributed by atoms with Crippen LogP contribution in [0.3, 0.4) is 0 Å². The summed E-state index contributed by atoms with van der Waals surface area (Å²) in [7, 11) is 1.82. The molecule has 0 heterocycles. The molecule has 0 aliphatic carbocycles. The molecule has 11 heavy (non-hydrogen) atoms. The quantitative estimate of drug-likeness (QED) is 0.369. The standard InChI is InChI=1S/C8H10N2S/c1-9-8(10-11)7-5-3-2-4-6-7/h2-6,11H,1H3,(H,9,10). The van der Waals surface area contributed by atoms with Crippen molar-refractivity contribution in [2.24, 2.45) is 4.40 Å². The average Bonchev–Trinajstić information content (AvgIpc) is 2.09. The maximum absolute atomic E-state index is 3.83. The summed E-state index contributed by atoms with van der Waals surface area (Å²) in [5, 5.41) is 2.94. The molecule has 0 unspecified atom stereocenters. The lowest BCUT2D eigenvalue weighted by molar-refractivity contribution is 1.18. The normalized spacial score (nSPS) is 11.3. The van der Waals surface area contributed by atoms with Crippen LogP contribution < -0.4 is 5.32 Å². The summed E-state index contributed by atoms with van der Waals surface area (Å²) in [5.74, 6) is 0.786. The maximum atomic E-state index is 3.83. The van der Waals surface area contributed by atoms with Crippen LogP contribution in [-0.4, -0.2) is 12.9 Å². The fourth-order valence-electron chi connectivity index (χ4n) is 0.848. The van der Waals surface area contributed by atoms with Crippen LogP contribution in [0, 0.1) is 0 Å². The average molecular weight is 166 g/mol. The Hall–Kier alpha value is -0.960. The van der Waals surface area contributed by atoms with Crippen LogP contribution in [0.2, 0.25) is 0 Å². The third kappa shape index (κ3) is 1.98. The monoisotopic (exact) mass is 166 g/mol. The Morgan fingerprint density at radius 2 is 2.00 bits per heavy atom. The van der Waals surface area contributed by atoms with E-state index in [4.69, 9.17) is 0 Å². The number of nitrogens with zero attached hydrogens (tertiary/aromatic N) is 1. The van der Waals surface area contributed by atoms with Gasteiger partial charge < -0.3 is 5.32 Å². The van der Waals surface area contributed by atoms with E-state index in [-0.39, 0.29) is 0 Å². The topological polar surface area (TPSA) is 24.4 Å². The SMILES string of the molecule is CN/C(=N\S)c1ccccc1. The molecule has 0 atom stereocenters. The van der Waals surface area contributed by atoms with E-state index >= 15 is 0 Å². The summed E-state index contributed by atoms with van der Waals surface area (Å²) in [5.41, 5.74) is 1.05. The molecule has 1 N–H and O–H groups in total. The van der Waals surface area contributed by atoms with E-state index in [1.807, 2.05) is 37.4 Å². The third-order valence-electron chi connectivity index (χ3n) is 1.38. The molecule has 0 amide bonds. The Kier molecular flexibility index (Phi) is 2.98. The van der Waals surface area contributed by atoms with Gasteiger partial charge in [0.05, 0.1) is 0 Å². The summed E-state index contributed by atoms with van der Waals surface area (Å²) < 4.78 is 3.78. The Labute approximate surface area is 71.9 Å². The first kappa shape index (κ1) is 8.14. The van der Waals surface area contributed by atoms with Gasteiger partial charge in [0, 0.05) is 12.6 Å². The smallest absolute Gasteiger partial charge is 0.140 e. The van der Waals surface area contributed by atoms with Crippen molar-refractivity contribution in [2.45, 2.75) is 0 Å². The number of hydrogen-bond donors (Lipinski definition) is 2. The third-order valence-corrected chi connectivity index (χ3v) is 1.58. The van der Waals surface area contributed by atoms with Crippen molar-refractivity contribution in [3.05, 3.63) is 35.9 Å². The van der Waals surface area contributed by atoms with Gasteiger partial charge in [-0.3, -0.25) is 0 Å². The summed E-state index contributed by atoms with van der Waals surface area (Å²) in [6.07, 6.45) is 0. The van der Waals surface area contributed by atoms with Crippen LogP contribution in [0.5, 0.6) is 0 Å². The van der Waals surface area contributed by atoms with E-state index in [2.05, 4.69) is 22.5 Å². The van der Waals surface area contributed by atoms with E-state index in [0.29, 0.717) is 0 Å². The number of nitrogens with one attached hydrogen (secondary N) is 1. The number of hydrogen-bond acceptors (Lipinski definition) is 2. The minimum absolute atomic E-state index is 0.786. The second kappa shape index (κ2) is 4.03. The zero-order valence-corrected chi connectivity index (χ0v) is 7.18. The predicted molar refractivity (Wildman–Crippen MR) is 51.0 cm³/mol. The summed E-state index contributed by atoms with van der Waals surface area (Å²) in [4.78, 5) is 0. The highest BCUT2D eigenvalue weighted by atomic mass is 32.1. The van der Waals surface area contributed by atoms with Gasteiger partial charge in [0.1, 0.15) is 5.84 Å². The van der Waals surface area contributed by atoms with Crippen molar-refractivity contribution in [2.75, 3.05) is 7.05 Å². The number of rotatable bonds is 1. The van der Waals surface area contributed by atoms with Crippen molar-refractivity contribution < 1.29 is 0 Å². The first-order valence-corrected chi connectivity index (χ1v) is 3.73. The van der Waals surface area contributed by atoms with Gasteiger partial charge in [-0.1, -0.05) is 30.3 Å². The highest BCUT2D eigenvalue weighted by molar-refractivity contribution is 7.79. The van der Waals surface area contributed by atoms with Gasteiger partial charge in [-0.25, -0.2) is 4.40 Å². The molecule has 58 valence electrons. The summed E-state index contributed by atoms with van der Waals surface area (Å²) >= 11 is 3.83. The van der Waals surface area contributed by atoms with Crippen LogP contribution in [0.1, 0.15) is 5.56 Å². The van der Waals surface area contributed by atoms with Gasteiger partial charge in [-0.05, 0) is 12.8 Å². The Balaban J connectivity index is 2.92. The zero-order valence-electron chi connectivity index (χ0n) is 6.28. The van der Waals surface area contributed by atoms with Crippen molar-refractivity contribution in [1.29, 1.82) is 0 Å². The molecule has 0 saturated heterocycles. The second-order valence-electron chi connectivity index (χ2n) is 2.06. The minimum Gasteiger partial charge on any atom is -0.372 e. The fraction of sp³-hybridized carbons (Fsp3) is 0.125. The van der Waals surface area contributed by atoms with Gasteiger partial charge in [0.2, 0.25) is 0 Å². The second-order valence-corrected chi connectivity index (χ2v) is 2.26. The van der Waals surface area contributed by atoms with E-state index in [9.17, 15) is 0 Å². The molecule has 0 aliphatic heterocycles. The predicted octanol–water partition coefficient (Wildman–Crippen LogP) is 1.50. The summed E-state index contributed by atoms with van der Waals surface area (Å²) in [6, 6.07) is 9.85. The summed E-state index contributed by atoms with van der Waals surface area (Å²) in [6.45, 7) is 0. The number of benzene rings is 1. The number of thiol groups is 1. The molecule has 0 spiro atoms. The van der Waals surface area contributed by atoms with Crippen LogP contribution in [0.15, 0.2) is 34.7 Å². The lowest BCUT2D eigenvalue weighted by atomic mass is 10.2. The van der Waals surface area contributed by atoms with Crippen molar-refractivity contribution in [1.82, 2.24) is 5.32 Å². The van der Waals surface area contributed by atoms with Crippen molar-refractivity contribution in [3.8, 4) is 0 Å². The Morgan fingerprint density at radius 1 is 1.36 bits per heavy atom. The largest absolute Gasteiger partial charge is 0.372 e. The fourth-order valence-corrected chi connectivity index (χ4v) is 1.06.